The van der Waals surface area contributed by atoms with E-state index in [0.29, 0.717) is 6.17 Å². The number of nitrogens with two attached hydrogens (primary N) is 1. The number of rotatable bonds is 15. The highest BCUT2D eigenvalue weighted by atomic mass is 15.3. The van der Waals surface area contributed by atoms with E-state index in [2.05, 4.69) is 35.2 Å². The number of nitrogens with zero attached hydrogens (tertiary/aromatic N) is 2. The highest BCUT2D eigenvalue weighted by Gasteiger charge is 2.19. The Morgan fingerprint density at radius 3 is 2.35 bits per heavy atom. The summed E-state index contributed by atoms with van der Waals surface area (Å²) in [7, 11) is 0. The maximum Gasteiger partial charge on any atom is 0.102 e. The summed E-state index contributed by atoms with van der Waals surface area (Å²) < 4.78 is 0. The first kappa shape index (κ1) is 20.4. The fourth-order valence-corrected chi connectivity index (χ4v) is 3.18. The lowest BCUT2D eigenvalue weighted by atomic mass is 10.1. The van der Waals surface area contributed by atoms with Crippen molar-refractivity contribution in [1.82, 2.24) is 4.90 Å². The second kappa shape index (κ2) is 14.9. The summed E-state index contributed by atoms with van der Waals surface area (Å²) in [5.74, 6) is 0. The summed E-state index contributed by atoms with van der Waals surface area (Å²) in [6.45, 7) is 4.98. The highest BCUT2D eigenvalue weighted by molar-refractivity contribution is 5.62. The largest absolute Gasteiger partial charge is 0.329 e. The molecule has 0 aliphatic carbocycles. The molecule has 1 aliphatic heterocycles. The van der Waals surface area contributed by atoms with Gasteiger partial charge in [-0.2, -0.15) is 0 Å². The van der Waals surface area contributed by atoms with Crippen LogP contribution in [0.5, 0.6) is 0 Å². The maximum absolute atomic E-state index is 5.64. The average Bonchev–Trinajstić information content (AvgIpc) is 2.99. The predicted molar refractivity (Wildman–Crippen MR) is 103 cm³/mol. The van der Waals surface area contributed by atoms with Crippen LogP contribution in [-0.4, -0.2) is 36.9 Å². The van der Waals surface area contributed by atoms with Crippen molar-refractivity contribution in [2.24, 2.45) is 10.7 Å². The van der Waals surface area contributed by atoms with Crippen LogP contribution in [0.3, 0.4) is 0 Å². The quantitative estimate of drug-likeness (QED) is 0.344. The second-order valence-corrected chi connectivity index (χ2v) is 6.76. The molecule has 2 N–H and O–H groups in total. The lowest BCUT2D eigenvalue weighted by Gasteiger charge is -2.21. The topological polar surface area (TPSA) is 41.6 Å². The Morgan fingerprint density at radius 1 is 1.00 bits per heavy atom. The van der Waals surface area contributed by atoms with Gasteiger partial charge >= 0.3 is 0 Å². The van der Waals surface area contributed by atoms with E-state index in [4.69, 9.17) is 5.73 Å². The molecule has 1 heterocycles. The zero-order chi connectivity index (χ0) is 16.6. The SMILES string of the molecule is CCCC/C=C/CCCCCCCCCC1N=CCN1CCN. The molecule has 0 aromatic rings. The predicted octanol–water partition coefficient (Wildman–Crippen LogP) is 4.91. The summed E-state index contributed by atoms with van der Waals surface area (Å²) in [5, 5.41) is 0. The van der Waals surface area contributed by atoms with Crippen LogP contribution in [0.1, 0.15) is 84.0 Å². The summed E-state index contributed by atoms with van der Waals surface area (Å²) in [5.41, 5.74) is 5.64. The van der Waals surface area contributed by atoms with Gasteiger partial charge in [-0.3, -0.25) is 9.89 Å². The molecular formula is C20H39N3. The normalized spacial score (nSPS) is 18.4. The fourth-order valence-electron chi connectivity index (χ4n) is 3.18. The Morgan fingerprint density at radius 2 is 1.65 bits per heavy atom. The minimum Gasteiger partial charge on any atom is -0.329 e. The Labute approximate surface area is 144 Å². The second-order valence-electron chi connectivity index (χ2n) is 6.76. The van der Waals surface area contributed by atoms with Crippen molar-refractivity contribution >= 4 is 6.21 Å². The zero-order valence-electron chi connectivity index (χ0n) is 15.4. The van der Waals surface area contributed by atoms with E-state index in [0.717, 1.165) is 19.6 Å². The van der Waals surface area contributed by atoms with Gasteiger partial charge in [-0.25, -0.2) is 0 Å². The van der Waals surface area contributed by atoms with E-state index < -0.39 is 0 Å². The number of hydrogen-bond donors (Lipinski definition) is 1. The summed E-state index contributed by atoms with van der Waals surface area (Å²) >= 11 is 0. The molecule has 1 aliphatic rings. The van der Waals surface area contributed by atoms with Gasteiger partial charge in [0.05, 0.1) is 0 Å². The van der Waals surface area contributed by atoms with Crippen LogP contribution in [0, 0.1) is 0 Å². The molecule has 1 rings (SSSR count). The molecule has 0 saturated heterocycles. The number of allylic oxidation sites excluding steroid dienone is 2. The number of hydrogen-bond acceptors (Lipinski definition) is 3. The molecule has 3 nitrogen and oxygen atoms in total. The first-order valence-corrected chi connectivity index (χ1v) is 9.99. The van der Waals surface area contributed by atoms with Gasteiger partial charge in [-0.15, -0.1) is 0 Å². The fraction of sp³-hybridized carbons (Fsp3) is 0.850. The molecule has 0 radical (unpaired) electrons. The van der Waals surface area contributed by atoms with Crippen LogP contribution >= 0.6 is 0 Å². The van der Waals surface area contributed by atoms with Gasteiger partial charge in [0.25, 0.3) is 0 Å². The van der Waals surface area contributed by atoms with Gasteiger partial charge < -0.3 is 5.73 Å². The van der Waals surface area contributed by atoms with Crippen molar-refractivity contribution in [1.29, 1.82) is 0 Å². The van der Waals surface area contributed by atoms with Gasteiger partial charge in [0.2, 0.25) is 0 Å². The smallest absolute Gasteiger partial charge is 0.102 e. The van der Waals surface area contributed by atoms with Crippen molar-refractivity contribution in [3.8, 4) is 0 Å². The van der Waals surface area contributed by atoms with E-state index in [1.54, 1.807) is 0 Å². The zero-order valence-corrected chi connectivity index (χ0v) is 15.4. The monoisotopic (exact) mass is 321 g/mol. The Balaban J connectivity index is 1.83. The molecule has 0 aromatic heterocycles. The van der Waals surface area contributed by atoms with Crippen LogP contribution in [0.15, 0.2) is 17.1 Å². The summed E-state index contributed by atoms with van der Waals surface area (Å²) in [6.07, 6.45) is 23.2. The van der Waals surface area contributed by atoms with Crippen molar-refractivity contribution in [3.05, 3.63) is 12.2 Å². The maximum atomic E-state index is 5.64. The third kappa shape index (κ3) is 10.7. The molecule has 0 aromatic carbocycles. The molecule has 1 unspecified atom stereocenters. The molecule has 0 bridgehead atoms. The van der Waals surface area contributed by atoms with Gasteiger partial charge in [-0.1, -0.05) is 64.0 Å². The summed E-state index contributed by atoms with van der Waals surface area (Å²) in [6, 6.07) is 0. The van der Waals surface area contributed by atoms with Crippen molar-refractivity contribution in [3.63, 3.8) is 0 Å². The molecule has 134 valence electrons. The van der Waals surface area contributed by atoms with Crippen LogP contribution in [0.4, 0.5) is 0 Å². The molecule has 0 spiro atoms. The van der Waals surface area contributed by atoms with Crippen LogP contribution in [0.2, 0.25) is 0 Å². The van der Waals surface area contributed by atoms with Crippen molar-refractivity contribution in [2.45, 2.75) is 90.1 Å². The minimum atomic E-state index is 0.415. The van der Waals surface area contributed by atoms with E-state index in [9.17, 15) is 0 Å². The standard InChI is InChI=1S/C20H39N3/c1-2-3-4-5-6-7-8-9-10-11-12-13-14-15-20-22-17-19-23(20)18-16-21/h5-6,17,20H,2-4,7-16,18-19,21H2,1H3/b6-5+. The third-order valence-corrected chi connectivity index (χ3v) is 4.66. The third-order valence-electron chi connectivity index (χ3n) is 4.66. The van der Waals surface area contributed by atoms with Gasteiger partial charge in [0.1, 0.15) is 6.17 Å². The van der Waals surface area contributed by atoms with Crippen molar-refractivity contribution < 1.29 is 0 Å². The van der Waals surface area contributed by atoms with E-state index in [-0.39, 0.29) is 0 Å². The van der Waals surface area contributed by atoms with E-state index >= 15 is 0 Å². The van der Waals surface area contributed by atoms with Gasteiger partial charge in [0, 0.05) is 25.8 Å². The molecule has 0 saturated carbocycles. The lowest BCUT2D eigenvalue weighted by Crippen LogP contribution is -2.34. The van der Waals surface area contributed by atoms with Gasteiger partial charge in [0.15, 0.2) is 0 Å². The van der Waals surface area contributed by atoms with E-state index in [1.807, 2.05) is 0 Å². The lowest BCUT2D eigenvalue weighted by molar-refractivity contribution is 0.241. The van der Waals surface area contributed by atoms with Gasteiger partial charge in [-0.05, 0) is 32.1 Å². The summed E-state index contributed by atoms with van der Waals surface area (Å²) in [4.78, 5) is 6.97. The Kier molecular flexibility index (Phi) is 13.2. The molecule has 23 heavy (non-hydrogen) atoms. The molecule has 1 atom stereocenters. The van der Waals surface area contributed by atoms with Crippen LogP contribution in [-0.2, 0) is 0 Å². The molecule has 0 amide bonds. The first-order valence-electron chi connectivity index (χ1n) is 9.99. The number of aliphatic imine (C=N–C) groups is 1. The van der Waals surface area contributed by atoms with Crippen molar-refractivity contribution in [2.75, 3.05) is 19.6 Å². The Hall–Kier alpha value is -0.670. The first-order chi connectivity index (χ1) is 11.4. The average molecular weight is 322 g/mol. The molecular weight excluding hydrogens is 282 g/mol. The van der Waals surface area contributed by atoms with E-state index in [1.165, 1.54) is 77.0 Å². The highest BCUT2D eigenvalue weighted by Crippen LogP contribution is 2.16. The Bertz CT molecular complexity index is 312. The molecule has 0 fully saturated rings. The minimum absolute atomic E-state index is 0.415. The molecule has 3 heteroatoms. The van der Waals surface area contributed by atoms with Crippen LogP contribution in [0.25, 0.3) is 0 Å². The van der Waals surface area contributed by atoms with Crippen LogP contribution < -0.4 is 5.73 Å². The number of unbranched alkanes of at least 4 members (excludes halogenated alkanes) is 9.